The summed E-state index contributed by atoms with van der Waals surface area (Å²) in [4.78, 5) is 26.4. The standard InChI is InChI=1S/C33H40BrF2N3O6/c1-20(40)37-18-21(9-8-16-43-5)23-10-6-7-11-24(23)30-28(34)29(38-45-30)25-19-39(31(41)44-32(2,3)4)15-14-33(25,42)22-12-13-26(35)27(36)17-22/h6-7,10-13,17,21,25,42H,8-9,14-16,18-19H2,1-5H3,(H,37,40)/t21-,25+,33-/m0/s1. The average molecular weight is 693 g/mol. The molecule has 0 unspecified atom stereocenters. The first-order valence-corrected chi connectivity index (χ1v) is 15.7. The molecule has 3 aromatic rings. The average Bonchev–Trinajstić information content (AvgIpc) is 3.36. The first-order valence-electron chi connectivity index (χ1n) is 14.9. The van der Waals surface area contributed by atoms with Gasteiger partial charge in [-0.1, -0.05) is 35.5 Å². The van der Waals surface area contributed by atoms with Crippen LogP contribution in [0.15, 0.2) is 51.5 Å². The molecule has 1 saturated heterocycles. The Bertz CT molecular complexity index is 1510. The Morgan fingerprint density at radius 2 is 1.96 bits per heavy atom. The molecular weight excluding hydrogens is 652 g/mol. The molecule has 9 nitrogen and oxygen atoms in total. The van der Waals surface area contributed by atoms with Crippen LogP contribution < -0.4 is 5.32 Å². The molecule has 1 fully saturated rings. The second-order valence-electron chi connectivity index (χ2n) is 12.3. The molecule has 45 heavy (non-hydrogen) atoms. The normalized spacial score (nSPS) is 19.3. The quantitative estimate of drug-likeness (QED) is 0.229. The summed E-state index contributed by atoms with van der Waals surface area (Å²) in [6, 6.07) is 10.9. The van der Waals surface area contributed by atoms with E-state index in [9.17, 15) is 23.5 Å². The zero-order chi connectivity index (χ0) is 32.9. The van der Waals surface area contributed by atoms with E-state index in [4.69, 9.17) is 14.0 Å². The highest BCUT2D eigenvalue weighted by Crippen LogP contribution is 2.48. The predicted molar refractivity (Wildman–Crippen MR) is 168 cm³/mol. The highest BCUT2D eigenvalue weighted by atomic mass is 79.9. The van der Waals surface area contributed by atoms with Crippen molar-refractivity contribution in [2.75, 3.05) is 33.4 Å². The van der Waals surface area contributed by atoms with Gasteiger partial charge in [-0.2, -0.15) is 0 Å². The lowest BCUT2D eigenvalue weighted by molar-refractivity contribution is -0.119. The lowest BCUT2D eigenvalue weighted by atomic mass is 9.74. The number of carbonyl (C=O) groups is 2. The van der Waals surface area contributed by atoms with Gasteiger partial charge in [0.15, 0.2) is 17.4 Å². The van der Waals surface area contributed by atoms with Crippen molar-refractivity contribution in [3.8, 4) is 11.3 Å². The number of hydrogen-bond donors (Lipinski definition) is 2. The minimum atomic E-state index is -1.72. The van der Waals surface area contributed by atoms with E-state index in [1.54, 1.807) is 27.9 Å². The molecule has 244 valence electrons. The maximum absolute atomic E-state index is 14.4. The SMILES string of the molecule is COCCC[C@@H](CNC(C)=O)c1ccccc1-c1onc([C@H]2CN(C(=O)OC(C)(C)C)CC[C@]2(O)c2ccc(F)c(F)c2)c1Br. The van der Waals surface area contributed by atoms with Crippen molar-refractivity contribution >= 4 is 27.9 Å². The van der Waals surface area contributed by atoms with Gasteiger partial charge in [0.2, 0.25) is 5.91 Å². The van der Waals surface area contributed by atoms with E-state index in [0.29, 0.717) is 29.1 Å². The lowest BCUT2D eigenvalue weighted by Crippen LogP contribution is -2.51. The first-order chi connectivity index (χ1) is 21.2. The van der Waals surface area contributed by atoms with Crippen LogP contribution in [-0.4, -0.2) is 66.1 Å². The highest BCUT2D eigenvalue weighted by molar-refractivity contribution is 9.10. The number of nitrogens with one attached hydrogen (secondary N) is 1. The number of piperidine rings is 1. The molecule has 12 heteroatoms. The molecule has 0 radical (unpaired) electrons. The molecule has 0 saturated carbocycles. The van der Waals surface area contributed by atoms with E-state index in [2.05, 4.69) is 26.4 Å². The molecular formula is C33H40BrF2N3O6. The van der Waals surface area contributed by atoms with Crippen molar-refractivity contribution in [2.24, 2.45) is 0 Å². The van der Waals surface area contributed by atoms with E-state index < -0.39 is 34.8 Å². The second-order valence-corrected chi connectivity index (χ2v) is 13.1. The van der Waals surface area contributed by atoms with Crippen LogP contribution in [0.25, 0.3) is 11.3 Å². The van der Waals surface area contributed by atoms with Gasteiger partial charge in [0.25, 0.3) is 0 Å². The van der Waals surface area contributed by atoms with Crippen LogP contribution in [0.5, 0.6) is 0 Å². The molecule has 0 spiro atoms. The van der Waals surface area contributed by atoms with Crippen LogP contribution in [0.2, 0.25) is 0 Å². The number of hydrogen-bond acceptors (Lipinski definition) is 7. The fraction of sp³-hybridized carbons (Fsp3) is 0.485. The Balaban J connectivity index is 1.78. The van der Waals surface area contributed by atoms with E-state index in [-0.39, 0.29) is 36.9 Å². The maximum atomic E-state index is 14.4. The van der Waals surface area contributed by atoms with Crippen LogP contribution in [0.1, 0.15) is 75.6 Å². The zero-order valence-electron chi connectivity index (χ0n) is 26.2. The van der Waals surface area contributed by atoms with Gasteiger partial charge in [-0.05, 0) is 79.2 Å². The monoisotopic (exact) mass is 691 g/mol. The Hall–Kier alpha value is -3.35. The summed E-state index contributed by atoms with van der Waals surface area (Å²) in [6.07, 6.45) is 0.933. The Morgan fingerprint density at radius 1 is 1.22 bits per heavy atom. The molecule has 1 aromatic heterocycles. The number of rotatable bonds is 10. The van der Waals surface area contributed by atoms with Crippen LogP contribution in [0.4, 0.5) is 13.6 Å². The third-order valence-electron chi connectivity index (χ3n) is 7.95. The number of amides is 2. The van der Waals surface area contributed by atoms with Gasteiger partial charge in [0.05, 0.1) is 10.4 Å². The summed E-state index contributed by atoms with van der Waals surface area (Å²) in [6.45, 7) is 7.79. The van der Waals surface area contributed by atoms with Crippen LogP contribution in [-0.2, 0) is 19.9 Å². The van der Waals surface area contributed by atoms with E-state index in [0.717, 1.165) is 36.1 Å². The van der Waals surface area contributed by atoms with Crippen LogP contribution in [0.3, 0.4) is 0 Å². The van der Waals surface area contributed by atoms with Gasteiger partial charge < -0.3 is 29.3 Å². The summed E-state index contributed by atoms with van der Waals surface area (Å²) < 4.78 is 45.6. The summed E-state index contributed by atoms with van der Waals surface area (Å²) in [5.74, 6) is -2.86. The topological polar surface area (TPSA) is 114 Å². The van der Waals surface area contributed by atoms with Gasteiger partial charge >= 0.3 is 6.09 Å². The number of halogens is 3. The summed E-state index contributed by atoms with van der Waals surface area (Å²) in [7, 11) is 1.64. The molecule has 2 aromatic carbocycles. The Kier molecular flexibility index (Phi) is 11.0. The summed E-state index contributed by atoms with van der Waals surface area (Å²) in [5, 5.41) is 19.5. The van der Waals surface area contributed by atoms with Crippen molar-refractivity contribution in [1.29, 1.82) is 0 Å². The molecule has 0 aliphatic carbocycles. The van der Waals surface area contributed by atoms with Crippen molar-refractivity contribution in [2.45, 2.75) is 70.0 Å². The predicted octanol–water partition coefficient (Wildman–Crippen LogP) is 6.64. The Morgan fingerprint density at radius 3 is 2.62 bits per heavy atom. The first kappa shape index (κ1) is 34.5. The second kappa shape index (κ2) is 14.4. The van der Waals surface area contributed by atoms with Gasteiger partial charge in [-0.3, -0.25) is 4.79 Å². The Labute approximate surface area is 270 Å². The summed E-state index contributed by atoms with van der Waals surface area (Å²) in [5.41, 5.74) is -0.369. The third kappa shape index (κ3) is 8.09. The van der Waals surface area contributed by atoms with Crippen molar-refractivity contribution < 1.29 is 37.5 Å². The maximum Gasteiger partial charge on any atom is 0.410 e. The lowest BCUT2D eigenvalue weighted by Gasteiger charge is -2.44. The van der Waals surface area contributed by atoms with Gasteiger partial charge in [-0.15, -0.1) is 0 Å². The number of ether oxygens (including phenoxy) is 2. The number of aromatic nitrogens is 1. The minimum absolute atomic E-state index is 0.00545. The molecule has 0 bridgehead atoms. The molecule has 4 rings (SSSR count). The van der Waals surface area contributed by atoms with Crippen LogP contribution >= 0.6 is 15.9 Å². The number of aliphatic hydroxyl groups is 1. The van der Waals surface area contributed by atoms with E-state index in [1.165, 1.54) is 17.9 Å². The minimum Gasteiger partial charge on any atom is -0.444 e. The van der Waals surface area contributed by atoms with Gasteiger partial charge in [0.1, 0.15) is 16.9 Å². The third-order valence-corrected chi connectivity index (χ3v) is 8.71. The van der Waals surface area contributed by atoms with Crippen molar-refractivity contribution in [3.63, 3.8) is 0 Å². The van der Waals surface area contributed by atoms with Gasteiger partial charge in [-0.25, -0.2) is 13.6 Å². The molecule has 2 heterocycles. The van der Waals surface area contributed by atoms with Gasteiger partial charge in [0, 0.05) is 51.8 Å². The smallest absolute Gasteiger partial charge is 0.410 e. The van der Waals surface area contributed by atoms with Crippen molar-refractivity contribution in [3.05, 3.63) is 75.4 Å². The number of nitrogens with zero attached hydrogens (tertiary/aromatic N) is 2. The number of methoxy groups -OCH3 is 1. The highest BCUT2D eigenvalue weighted by Gasteiger charge is 2.48. The zero-order valence-corrected chi connectivity index (χ0v) is 27.7. The largest absolute Gasteiger partial charge is 0.444 e. The van der Waals surface area contributed by atoms with Crippen molar-refractivity contribution in [1.82, 2.24) is 15.4 Å². The molecule has 2 amide bonds. The van der Waals surface area contributed by atoms with E-state index in [1.807, 2.05) is 24.3 Å². The summed E-state index contributed by atoms with van der Waals surface area (Å²) >= 11 is 3.66. The molecule has 2 N–H and O–H groups in total. The fourth-order valence-corrected chi connectivity index (χ4v) is 6.34. The number of carbonyl (C=O) groups excluding carboxylic acids is 2. The molecule has 1 aliphatic rings. The number of likely N-dealkylation sites (tertiary alicyclic amines) is 1. The number of benzene rings is 2. The van der Waals surface area contributed by atoms with E-state index >= 15 is 0 Å². The molecule has 3 atom stereocenters. The van der Waals surface area contributed by atoms with Crippen LogP contribution in [0, 0.1) is 11.6 Å². The fourth-order valence-electron chi connectivity index (χ4n) is 5.70. The molecule has 1 aliphatic heterocycles.